The minimum atomic E-state index is -0.427. The predicted molar refractivity (Wildman–Crippen MR) is 76.4 cm³/mol. The average Bonchev–Trinajstić information content (AvgIpc) is 2.88. The lowest BCUT2D eigenvalue weighted by molar-refractivity contribution is -0.132. The number of likely N-dealkylation sites (tertiary alicyclic amines) is 1. The van der Waals surface area contributed by atoms with E-state index in [0.717, 1.165) is 6.42 Å². The Hall–Kier alpha value is -1.82. The van der Waals surface area contributed by atoms with Gasteiger partial charge in [-0.3, -0.25) is 9.59 Å². The number of hydrogen-bond acceptors (Lipinski definition) is 4. The largest absolute Gasteiger partial charge is 0.397 e. The summed E-state index contributed by atoms with van der Waals surface area (Å²) in [6, 6.07) is 1.01. The molecule has 1 atom stereocenters. The highest BCUT2D eigenvalue weighted by atomic mass is 35.5. The molecular weight excluding hydrogens is 280 g/mol. The molecule has 1 aromatic rings. The first kappa shape index (κ1) is 14.6. The molecule has 0 aliphatic carbocycles. The molecule has 0 bridgehead atoms. The van der Waals surface area contributed by atoms with Gasteiger partial charge in [0.05, 0.1) is 17.4 Å². The van der Waals surface area contributed by atoms with Crippen LogP contribution in [0.25, 0.3) is 0 Å². The maximum Gasteiger partial charge on any atom is 0.256 e. The van der Waals surface area contributed by atoms with Crippen LogP contribution in [0.3, 0.4) is 0 Å². The van der Waals surface area contributed by atoms with Crippen LogP contribution in [0.15, 0.2) is 12.3 Å². The summed E-state index contributed by atoms with van der Waals surface area (Å²) < 4.78 is 0. The van der Waals surface area contributed by atoms with E-state index in [1.165, 1.54) is 17.2 Å². The van der Waals surface area contributed by atoms with Gasteiger partial charge in [-0.1, -0.05) is 11.6 Å². The second-order valence-corrected chi connectivity index (χ2v) is 5.37. The molecule has 1 saturated heterocycles. The average molecular weight is 297 g/mol. The molecule has 6 nitrogen and oxygen atoms in total. The summed E-state index contributed by atoms with van der Waals surface area (Å²) in [6.07, 6.45) is 2.82. The molecule has 7 heteroatoms. The number of carbonyl (C=O) groups excluding carboxylic acids is 2. The van der Waals surface area contributed by atoms with Crippen molar-refractivity contribution in [3.05, 3.63) is 23.0 Å². The van der Waals surface area contributed by atoms with E-state index in [2.05, 4.69) is 4.98 Å². The van der Waals surface area contributed by atoms with Crippen molar-refractivity contribution in [1.29, 1.82) is 0 Å². The fourth-order valence-corrected chi connectivity index (χ4v) is 2.50. The number of nitrogen functional groups attached to an aromatic ring is 1. The summed E-state index contributed by atoms with van der Waals surface area (Å²) in [4.78, 5) is 31.5. The number of halogens is 1. The second-order valence-electron chi connectivity index (χ2n) is 4.98. The van der Waals surface area contributed by atoms with Crippen LogP contribution < -0.4 is 5.73 Å². The normalized spacial score (nSPS) is 18.1. The monoisotopic (exact) mass is 296 g/mol. The van der Waals surface area contributed by atoms with Crippen molar-refractivity contribution in [2.24, 2.45) is 0 Å². The first-order chi connectivity index (χ1) is 9.41. The van der Waals surface area contributed by atoms with Gasteiger partial charge in [0.1, 0.15) is 11.2 Å². The maximum atomic E-state index is 12.5. The molecule has 1 unspecified atom stereocenters. The van der Waals surface area contributed by atoms with Gasteiger partial charge in [-0.05, 0) is 18.9 Å². The number of pyridine rings is 1. The van der Waals surface area contributed by atoms with Gasteiger partial charge in [-0.2, -0.15) is 0 Å². The van der Waals surface area contributed by atoms with E-state index in [9.17, 15) is 9.59 Å². The van der Waals surface area contributed by atoms with Crippen molar-refractivity contribution in [3.8, 4) is 0 Å². The van der Waals surface area contributed by atoms with Crippen molar-refractivity contribution in [1.82, 2.24) is 14.8 Å². The van der Waals surface area contributed by atoms with Crippen LogP contribution in [0, 0.1) is 0 Å². The molecule has 1 aromatic heterocycles. The van der Waals surface area contributed by atoms with E-state index in [1.807, 2.05) is 0 Å². The van der Waals surface area contributed by atoms with Gasteiger partial charge >= 0.3 is 0 Å². The quantitative estimate of drug-likeness (QED) is 0.826. The van der Waals surface area contributed by atoms with Gasteiger partial charge in [0.2, 0.25) is 5.91 Å². The number of hydrogen-bond donors (Lipinski definition) is 1. The summed E-state index contributed by atoms with van der Waals surface area (Å²) in [5.74, 6) is -0.348. The summed E-state index contributed by atoms with van der Waals surface area (Å²) in [7, 11) is 3.36. The number of likely N-dealkylation sites (N-methyl/N-ethyl adjacent to an activating group) is 1. The zero-order valence-electron chi connectivity index (χ0n) is 11.5. The van der Waals surface area contributed by atoms with Gasteiger partial charge in [-0.25, -0.2) is 4.98 Å². The molecule has 0 aromatic carbocycles. The summed E-state index contributed by atoms with van der Waals surface area (Å²) >= 11 is 5.80. The lowest BCUT2D eigenvalue weighted by Crippen LogP contribution is -2.45. The molecule has 0 saturated carbocycles. The van der Waals surface area contributed by atoms with E-state index < -0.39 is 6.04 Å². The number of nitrogens with two attached hydrogens (primary N) is 1. The van der Waals surface area contributed by atoms with Crippen LogP contribution in [0.1, 0.15) is 23.2 Å². The number of amides is 2. The lowest BCUT2D eigenvalue weighted by Gasteiger charge is -2.26. The second kappa shape index (κ2) is 5.66. The van der Waals surface area contributed by atoms with Crippen LogP contribution in [-0.4, -0.2) is 53.3 Å². The van der Waals surface area contributed by atoms with Gasteiger partial charge in [0.25, 0.3) is 5.91 Å². The third kappa shape index (κ3) is 2.70. The molecule has 2 rings (SSSR count). The first-order valence-electron chi connectivity index (χ1n) is 6.35. The van der Waals surface area contributed by atoms with Gasteiger partial charge in [-0.15, -0.1) is 0 Å². The van der Waals surface area contributed by atoms with Crippen LogP contribution in [0.5, 0.6) is 0 Å². The molecule has 1 fully saturated rings. The predicted octanol–water partition coefficient (Wildman–Crippen LogP) is 1.01. The highest BCUT2D eigenvalue weighted by molar-refractivity contribution is 6.29. The van der Waals surface area contributed by atoms with Crippen molar-refractivity contribution < 1.29 is 9.59 Å². The fraction of sp³-hybridized carbons (Fsp3) is 0.462. The number of aromatic nitrogens is 1. The van der Waals surface area contributed by atoms with Gasteiger partial charge in [0.15, 0.2) is 0 Å². The number of carbonyl (C=O) groups is 2. The highest BCUT2D eigenvalue weighted by Crippen LogP contribution is 2.24. The molecule has 108 valence electrons. The zero-order chi connectivity index (χ0) is 14.9. The van der Waals surface area contributed by atoms with Gasteiger partial charge in [0, 0.05) is 20.6 Å². The Kier molecular flexibility index (Phi) is 4.13. The van der Waals surface area contributed by atoms with Crippen LogP contribution in [0.2, 0.25) is 5.15 Å². The third-order valence-electron chi connectivity index (χ3n) is 3.37. The van der Waals surface area contributed by atoms with Crippen molar-refractivity contribution >= 4 is 29.1 Å². The fourth-order valence-electron chi connectivity index (χ4n) is 2.34. The summed E-state index contributed by atoms with van der Waals surface area (Å²) in [5.41, 5.74) is 6.34. The van der Waals surface area contributed by atoms with Crippen molar-refractivity contribution in [2.75, 3.05) is 26.4 Å². The summed E-state index contributed by atoms with van der Waals surface area (Å²) in [6.45, 7) is 0.544. The number of nitrogens with zero attached hydrogens (tertiary/aromatic N) is 3. The van der Waals surface area contributed by atoms with Crippen LogP contribution in [-0.2, 0) is 4.79 Å². The highest BCUT2D eigenvalue weighted by Gasteiger charge is 2.35. The third-order valence-corrected chi connectivity index (χ3v) is 3.58. The molecular formula is C13H17ClN4O2. The molecule has 2 amide bonds. The molecule has 1 aliphatic rings. The Morgan fingerprint density at radius 2 is 2.20 bits per heavy atom. The number of rotatable bonds is 2. The first-order valence-corrected chi connectivity index (χ1v) is 6.72. The van der Waals surface area contributed by atoms with E-state index in [0.29, 0.717) is 18.5 Å². The lowest BCUT2D eigenvalue weighted by atomic mass is 10.1. The molecule has 20 heavy (non-hydrogen) atoms. The Morgan fingerprint density at radius 1 is 1.50 bits per heavy atom. The standard InChI is InChI=1S/C13H17ClN4O2/c1-17(2)13(20)10-4-3-5-18(10)12(19)8-6-11(14)16-7-9(8)15/h6-7,10H,3-5,15H2,1-2H3. The summed E-state index contributed by atoms with van der Waals surface area (Å²) in [5, 5.41) is 0.206. The van der Waals surface area contributed by atoms with E-state index >= 15 is 0 Å². The molecule has 1 aliphatic heterocycles. The number of anilines is 1. The molecule has 2 N–H and O–H groups in total. The van der Waals surface area contributed by atoms with Gasteiger partial charge < -0.3 is 15.5 Å². The topological polar surface area (TPSA) is 79.5 Å². The Labute approximate surface area is 122 Å². The van der Waals surface area contributed by atoms with Crippen LogP contribution in [0.4, 0.5) is 5.69 Å². The smallest absolute Gasteiger partial charge is 0.256 e. The molecule has 2 heterocycles. The Bertz CT molecular complexity index is 547. The molecule has 0 spiro atoms. The zero-order valence-corrected chi connectivity index (χ0v) is 12.2. The van der Waals surface area contributed by atoms with Crippen molar-refractivity contribution in [2.45, 2.75) is 18.9 Å². The minimum Gasteiger partial charge on any atom is -0.397 e. The van der Waals surface area contributed by atoms with Crippen LogP contribution >= 0.6 is 11.6 Å². The maximum absolute atomic E-state index is 12.5. The Morgan fingerprint density at radius 3 is 2.85 bits per heavy atom. The minimum absolute atomic E-state index is 0.0745. The molecule has 0 radical (unpaired) electrons. The Balaban J connectivity index is 2.28. The van der Waals surface area contributed by atoms with E-state index in [1.54, 1.807) is 19.0 Å². The van der Waals surface area contributed by atoms with Crippen molar-refractivity contribution in [3.63, 3.8) is 0 Å². The SMILES string of the molecule is CN(C)C(=O)C1CCCN1C(=O)c1cc(Cl)ncc1N. The van der Waals surface area contributed by atoms with E-state index in [-0.39, 0.29) is 22.7 Å². The van der Waals surface area contributed by atoms with E-state index in [4.69, 9.17) is 17.3 Å².